The summed E-state index contributed by atoms with van der Waals surface area (Å²) in [6.45, 7) is 2.37. The highest BCUT2D eigenvalue weighted by Crippen LogP contribution is 2.36. The van der Waals surface area contributed by atoms with Crippen molar-refractivity contribution in [2.75, 3.05) is 18.9 Å². The first-order valence-electron chi connectivity index (χ1n) is 7.10. The highest BCUT2D eigenvalue weighted by atomic mass is 32.1. The number of aliphatic hydroxyl groups excluding tert-OH is 2. The molecule has 0 aliphatic rings. The number of hydrogen-bond acceptors (Lipinski definition) is 8. The van der Waals surface area contributed by atoms with Gasteiger partial charge in [-0.2, -0.15) is 12.6 Å². The first-order valence-corrected chi connectivity index (χ1v) is 9.26. The fraction of sp³-hybridized carbons (Fsp3) is 0.750. The second kappa shape index (κ2) is 10.1. The van der Waals surface area contributed by atoms with Crippen LogP contribution in [0.2, 0.25) is 0 Å². The fourth-order valence-electron chi connectivity index (χ4n) is 1.46. The predicted octanol–water partition coefficient (Wildman–Crippen LogP) is -2.08. The van der Waals surface area contributed by atoms with Crippen molar-refractivity contribution in [2.24, 2.45) is 5.41 Å². The molecule has 0 rings (SSSR count). The molecule has 2 atom stereocenters. The molecular formula is C12H23N2O9PS. The lowest BCUT2D eigenvalue weighted by Gasteiger charge is -2.27. The third-order valence-electron chi connectivity index (χ3n) is 3.06. The van der Waals surface area contributed by atoms with E-state index in [1.54, 1.807) is 0 Å². The number of carbonyl (C=O) groups is 3. The molecule has 0 fully saturated rings. The summed E-state index contributed by atoms with van der Waals surface area (Å²) in [6.07, 6.45) is -1.75. The van der Waals surface area contributed by atoms with E-state index in [0.717, 1.165) is 0 Å². The van der Waals surface area contributed by atoms with Gasteiger partial charge in [0.25, 0.3) is 0 Å². The number of phosphoric ester groups is 1. The minimum Gasteiger partial charge on any atom is -0.396 e. The maximum Gasteiger partial charge on any atom is 0.527 e. The van der Waals surface area contributed by atoms with Gasteiger partial charge < -0.3 is 25.4 Å². The van der Waals surface area contributed by atoms with Crippen molar-refractivity contribution < 1.29 is 43.5 Å². The van der Waals surface area contributed by atoms with E-state index in [4.69, 9.17) is 14.9 Å². The van der Waals surface area contributed by atoms with Crippen molar-refractivity contribution >= 4 is 38.2 Å². The maximum absolute atomic E-state index is 11.7. The average molecular weight is 402 g/mol. The number of rotatable bonds is 10. The fourth-order valence-corrected chi connectivity index (χ4v) is 2.07. The molecule has 146 valence electrons. The molecule has 0 saturated carbocycles. The van der Waals surface area contributed by atoms with Crippen LogP contribution in [-0.4, -0.2) is 68.8 Å². The van der Waals surface area contributed by atoms with E-state index in [1.807, 2.05) is 0 Å². The number of hydrogen-bond donors (Lipinski definition) is 7. The number of phosphoric acid groups is 1. The van der Waals surface area contributed by atoms with Crippen LogP contribution in [0, 0.1) is 5.41 Å². The summed E-state index contributed by atoms with van der Waals surface area (Å²) < 4.78 is 14.4. The van der Waals surface area contributed by atoms with Gasteiger partial charge in [0.15, 0.2) is 0 Å². The van der Waals surface area contributed by atoms with Gasteiger partial charge in [-0.25, -0.2) is 9.36 Å². The summed E-state index contributed by atoms with van der Waals surface area (Å²) in [5.41, 5.74) is -1.06. The Kier molecular flexibility index (Phi) is 9.62. The largest absolute Gasteiger partial charge is 0.527 e. The van der Waals surface area contributed by atoms with Gasteiger partial charge in [0.05, 0.1) is 6.61 Å². The van der Waals surface area contributed by atoms with Gasteiger partial charge in [-0.15, -0.1) is 0 Å². The van der Waals surface area contributed by atoms with Gasteiger partial charge in [-0.3, -0.25) is 19.4 Å². The number of thiol groups is 1. The van der Waals surface area contributed by atoms with E-state index < -0.39 is 49.8 Å². The van der Waals surface area contributed by atoms with E-state index in [-0.39, 0.29) is 18.7 Å². The Morgan fingerprint density at radius 1 is 1.28 bits per heavy atom. The lowest BCUT2D eigenvalue weighted by molar-refractivity contribution is -0.140. The molecule has 1 unspecified atom stereocenters. The summed E-state index contributed by atoms with van der Waals surface area (Å²) >= 11 is 3.78. The molecule has 25 heavy (non-hydrogen) atoms. The molecule has 0 aromatic carbocycles. The van der Waals surface area contributed by atoms with E-state index in [1.165, 1.54) is 13.8 Å². The van der Waals surface area contributed by atoms with Crippen molar-refractivity contribution in [2.45, 2.75) is 32.4 Å². The van der Waals surface area contributed by atoms with Crippen LogP contribution in [-0.2, 0) is 23.5 Å². The zero-order chi connectivity index (χ0) is 19.8. The van der Waals surface area contributed by atoms with Gasteiger partial charge in [0, 0.05) is 24.1 Å². The van der Waals surface area contributed by atoms with Gasteiger partial charge in [-0.1, -0.05) is 13.8 Å². The standard InChI is InChI=1S/C12H23N2O9PS/c1-12(2,6-15)9(17)10(18)13-4-3-8(16)14-7(5-25)11(19)23-24(20,21)22/h7,9,15,17,25H,3-6H2,1-2H3,(H,13,18)(H,14,16)(H2,20,21,22)/t7-,9?/m0/s1. The smallest absolute Gasteiger partial charge is 0.396 e. The molecular weight excluding hydrogens is 379 g/mol. The molecule has 0 spiro atoms. The molecule has 13 heteroatoms. The Morgan fingerprint density at radius 2 is 1.84 bits per heavy atom. The first kappa shape index (κ1) is 23.8. The van der Waals surface area contributed by atoms with Gasteiger partial charge in [-0.05, 0) is 0 Å². The highest BCUT2D eigenvalue weighted by Gasteiger charge is 2.33. The normalized spacial score (nSPS) is 14.4. The molecule has 11 nitrogen and oxygen atoms in total. The summed E-state index contributed by atoms with van der Waals surface area (Å²) in [4.78, 5) is 51.9. The average Bonchev–Trinajstić information content (AvgIpc) is 2.49. The molecule has 2 amide bonds. The third kappa shape index (κ3) is 9.19. The summed E-state index contributed by atoms with van der Waals surface area (Å²) in [5, 5.41) is 23.3. The molecule has 0 aliphatic heterocycles. The van der Waals surface area contributed by atoms with E-state index in [0.29, 0.717) is 0 Å². The predicted molar refractivity (Wildman–Crippen MR) is 88.4 cm³/mol. The van der Waals surface area contributed by atoms with Crippen LogP contribution in [0.3, 0.4) is 0 Å². The first-order chi connectivity index (χ1) is 11.3. The maximum atomic E-state index is 11.7. The molecule has 6 N–H and O–H groups in total. The number of aliphatic hydroxyl groups is 2. The van der Waals surface area contributed by atoms with Crippen LogP contribution in [0.25, 0.3) is 0 Å². The Morgan fingerprint density at radius 3 is 2.28 bits per heavy atom. The molecule has 0 saturated heterocycles. The van der Waals surface area contributed by atoms with Gasteiger partial charge >= 0.3 is 13.8 Å². The molecule has 0 heterocycles. The molecule has 0 radical (unpaired) electrons. The summed E-state index contributed by atoms with van der Waals surface area (Å²) in [5.74, 6) is -3.10. The second-order valence-electron chi connectivity index (χ2n) is 5.79. The number of amides is 2. The van der Waals surface area contributed by atoms with Crippen LogP contribution in [0.1, 0.15) is 20.3 Å². The molecule has 0 aromatic heterocycles. The Labute approximate surface area is 149 Å². The Bertz CT molecular complexity index is 537. The highest BCUT2D eigenvalue weighted by molar-refractivity contribution is 7.80. The number of carbonyl (C=O) groups excluding carboxylic acids is 3. The summed E-state index contributed by atoms with van der Waals surface area (Å²) in [7, 11) is -5.04. The van der Waals surface area contributed by atoms with Crippen molar-refractivity contribution in [1.82, 2.24) is 10.6 Å². The lowest BCUT2D eigenvalue weighted by Crippen LogP contribution is -2.47. The van der Waals surface area contributed by atoms with Crippen molar-refractivity contribution in [3.8, 4) is 0 Å². The molecule has 0 bridgehead atoms. The van der Waals surface area contributed by atoms with E-state index in [9.17, 15) is 24.1 Å². The zero-order valence-corrected chi connectivity index (χ0v) is 15.5. The number of nitrogens with one attached hydrogen (secondary N) is 2. The minimum absolute atomic E-state index is 0.171. The SMILES string of the molecule is CC(C)(CO)C(O)C(=O)NCCC(=O)N[C@@H](CS)C(=O)OP(=O)(O)O. The monoisotopic (exact) mass is 402 g/mol. The van der Waals surface area contributed by atoms with E-state index in [2.05, 4.69) is 27.8 Å². The van der Waals surface area contributed by atoms with Crippen LogP contribution in [0.5, 0.6) is 0 Å². The Hall–Kier alpha value is -1.17. The topological polar surface area (TPSA) is 182 Å². The lowest BCUT2D eigenvalue weighted by atomic mass is 9.87. The summed E-state index contributed by atoms with van der Waals surface area (Å²) in [6, 6.07) is -1.38. The Balaban J connectivity index is 4.40. The van der Waals surface area contributed by atoms with Crippen LogP contribution < -0.4 is 10.6 Å². The van der Waals surface area contributed by atoms with Gasteiger partial charge in [0.1, 0.15) is 12.1 Å². The van der Waals surface area contributed by atoms with Crippen molar-refractivity contribution in [1.29, 1.82) is 0 Å². The molecule has 0 aromatic rings. The third-order valence-corrected chi connectivity index (χ3v) is 3.84. The quantitative estimate of drug-likeness (QED) is 0.159. The van der Waals surface area contributed by atoms with Gasteiger partial charge in [0.2, 0.25) is 11.8 Å². The van der Waals surface area contributed by atoms with Crippen LogP contribution in [0.15, 0.2) is 0 Å². The van der Waals surface area contributed by atoms with E-state index >= 15 is 0 Å². The zero-order valence-electron chi connectivity index (χ0n) is 13.7. The second-order valence-corrected chi connectivity index (χ2v) is 7.32. The van der Waals surface area contributed by atoms with Crippen molar-refractivity contribution in [3.05, 3.63) is 0 Å². The van der Waals surface area contributed by atoms with Crippen LogP contribution in [0.4, 0.5) is 0 Å². The van der Waals surface area contributed by atoms with Crippen molar-refractivity contribution in [3.63, 3.8) is 0 Å². The molecule has 0 aliphatic carbocycles. The van der Waals surface area contributed by atoms with Crippen LogP contribution >= 0.6 is 20.5 Å². The minimum atomic E-state index is -5.04.